The highest BCUT2D eigenvalue weighted by Crippen LogP contribution is 2.31. The molecule has 1 fully saturated rings. The van der Waals surface area contributed by atoms with E-state index in [2.05, 4.69) is 50.1 Å². The van der Waals surface area contributed by atoms with Crippen LogP contribution in [-0.4, -0.2) is 28.5 Å². The second kappa shape index (κ2) is 7.69. The summed E-state index contributed by atoms with van der Waals surface area (Å²) in [5.74, 6) is 0.629. The van der Waals surface area contributed by atoms with Crippen LogP contribution in [0.5, 0.6) is 0 Å². The SMILES string of the molecule is C=CCn1c(C(=O)N(C)C2CCCCC2)c(C)c2cc(C(C)C)ccc21. The third kappa shape index (κ3) is 3.32. The first-order chi connectivity index (χ1) is 12.5. The summed E-state index contributed by atoms with van der Waals surface area (Å²) in [6.45, 7) is 11.1. The molecular formula is C23H32N2O. The Morgan fingerprint density at radius 3 is 2.62 bits per heavy atom. The Bertz CT molecular complexity index is 809. The topological polar surface area (TPSA) is 25.2 Å². The van der Waals surface area contributed by atoms with Crippen molar-refractivity contribution in [2.24, 2.45) is 0 Å². The smallest absolute Gasteiger partial charge is 0.270 e. The highest BCUT2D eigenvalue weighted by Gasteiger charge is 2.27. The number of fused-ring (bicyclic) bond motifs is 1. The first-order valence-corrected chi connectivity index (χ1v) is 9.96. The molecule has 1 aliphatic rings. The highest BCUT2D eigenvalue weighted by molar-refractivity contribution is 6.02. The van der Waals surface area contributed by atoms with Gasteiger partial charge in [0.1, 0.15) is 5.69 Å². The minimum absolute atomic E-state index is 0.151. The summed E-state index contributed by atoms with van der Waals surface area (Å²) < 4.78 is 2.14. The van der Waals surface area contributed by atoms with E-state index in [1.807, 2.05) is 18.0 Å². The predicted molar refractivity (Wildman–Crippen MR) is 110 cm³/mol. The Labute approximate surface area is 157 Å². The number of rotatable bonds is 5. The molecule has 0 N–H and O–H groups in total. The summed E-state index contributed by atoms with van der Waals surface area (Å²) in [5.41, 5.74) is 4.37. The van der Waals surface area contributed by atoms with Crippen LogP contribution in [0.3, 0.4) is 0 Å². The molecule has 3 nitrogen and oxygen atoms in total. The van der Waals surface area contributed by atoms with Crippen molar-refractivity contribution in [3.63, 3.8) is 0 Å². The molecule has 0 atom stereocenters. The van der Waals surface area contributed by atoms with Crippen LogP contribution in [0.4, 0.5) is 0 Å². The number of hydrogen-bond donors (Lipinski definition) is 0. The van der Waals surface area contributed by atoms with Crippen molar-refractivity contribution in [1.29, 1.82) is 0 Å². The second-order valence-electron chi connectivity index (χ2n) is 8.01. The summed E-state index contributed by atoms with van der Waals surface area (Å²) in [6.07, 6.45) is 7.89. The van der Waals surface area contributed by atoms with Crippen LogP contribution in [0.2, 0.25) is 0 Å². The Hall–Kier alpha value is -2.03. The number of aryl methyl sites for hydroxylation is 1. The molecule has 0 radical (unpaired) electrons. The summed E-state index contributed by atoms with van der Waals surface area (Å²) in [7, 11) is 1.98. The minimum atomic E-state index is 0.151. The van der Waals surface area contributed by atoms with Crippen LogP contribution in [-0.2, 0) is 6.54 Å². The zero-order valence-electron chi connectivity index (χ0n) is 16.7. The van der Waals surface area contributed by atoms with Crippen molar-refractivity contribution in [3.05, 3.63) is 47.7 Å². The van der Waals surface area contributed by atoms with Crippen LogP contribution in [0.15, 0.2) is 30.9 Å². The maximum absolute atomic E-state index is 13.4. The highest BCUT2D eigenvalue weighted by atomic mass is 16.2. The number of benzene rings is 1. The Morgan fingerprint density at radius 2 is 2.00 bits per heavy atom. The summed E-state index contributed by atoms with van der Waals surface area (Å²) in [4.78, 5) is 15.4. The molecule has 1 saturated carbocycles. The number of aromatic nitrogens is 1. The Morgan fingerprint density at radius 1 is 1.31 bits per heavy atom. The van der Waals surface area contributed by atoms with Gasteiger partial charge in [-0.2, -0.15) is 0 Å². The van der Waals surface area contributed by atoms with E-state index in [4.69, 9.17) is 0 Å². The van der Waals surface area contributed by atoms with Crippen molar-refractivity contribution in [2.45, 2.75) is 71.4 Å². The molecule has 0 unspecified atom stereocenters. The maximum atomic E-state index is 13.4. The number of carbonyl (C=O) groups excluding carboxylic acids is 1. The molecule has 0 spiro atoms. The van der Waals surface area contributed by atoms with Gasteiger partial charge in [0, 0.05) is 30.5 Å². The first kappa shape index (κ1) is 18.8. The van der Waals surface area contributed by atoms with E-state index in [1.165, 1.54) is 30.2 Å². The zero-order chi connectivity index (χ0) is 18.8. The van der Waals surface area contributed by atoms with Crippen LogP contribution in [0.25, 0.3) is 10.9 Å². The van der Waals surface area contributed by atoms with Crippen LogP contribution < -0.4 is 0 Å². The van der Waals surface area contributed by atoms with Gasteiger partial charge in [-0.05, 0) is 48.9 Å². The van der Waals surface area contributed by atoms with Gasteiger partial charge in [0.25, 0.3) is 5.91 Å². The lowest BCUT2D eigenvalue weighted by Crippen LogP contribution is -2.39. The molecule has 0 aliphatic heterocycles. The number of allylic oxidation sites excluding steroid dienone is 1. The number of carbonyl (C=O) groups is 1. The quantitative estimate of drug-likeness (QED) is 0.637. The van der Waals surface area contributed by atoms with Crippen molar-refractivity contribution < 1.29 is 4.79 Å². The third-order valence-electron chi connectivity index (χ3n) is 5.96. The third-order valence-corrected chi connectivity index (χ3v) is 5.96. The molecule has 140 valence electrons. The van der Waals surface area contributed by atoms with Gasteiger partial charge in [-0.25, -0.2) is 0 Å². The van der Waals surface area contributed by atoms with E-state index < -0.39 is 0 Å². The fourth-order valence-corrected chi connectivity index (χ4v) is 4.29. The van der Waals surface area contributed by atoms with Crippen molar-refractivity contribution in [1.82, 2.24) is 9.47 Å². The van der Waals surface area contributed by atoms with Gasteiger partial charge >= 0.3 is 0 Å². The molecule has 1 aromatic carbocycles. The number of hydrogen-bond acceptors (Lipinski definition) is 1. The van der Waals surface area contributed by atoms with E-state index in [-0.39, 0.29) is 5.91 Å². The first-order valence-electron chi connectivity index (χ1n) is 9.96. The molecule has 3 heteroatoms. The molecule has 0 saturated heterocycles. The lowest BCUT2D eigenvalue weighted by molar-refractivity contribution is 0.0685. The lowest BCUT2D eigenvalue weighted by atomic mass is 9.94. The largest absolute Gasteiger partial charge is 0.337 e. The van der Waals surface area contributed by atoms with Gasteiger partial charge in [0.05, 0.1) is 0 Å². The molecule has 26 heavy (non-hydrogen) atoms. The van der Waals surface area contributed by atoms with Gasteiger partial charge < -0.3 is 9.47 Å². The summed E-state index contributed by atoms with van der Waals surface area (Å²) in [6, 6.07) is 6.98. The Balaban J connectivity index is 2.08. The van der Waals surface area contributed by atoms with Crippen molar-refractivity contribution in [3.8, 4) is 0 Å². The molecule has 1 aromatic heterocycles. The van der Waals surface area contributed by atoms with Crippen molar-refractivity contribution >= 4 is 16.8 Å². The van der Waals surface area contributed by atoms with Gasteiger partial charge in [-0.3, -0.25) is 4.79 Å². The normalized spacial score (nSPS) is 15.6. The van der Waals surface area contributed by atoms with E-state index in [0.717, 1.165) is 29.6 Å². The number of amides is 1. The van der Waals surface area contributed by atoms with E-state index in [0.29, 0.717) is 18.5 Å². The molecule has 2 aromatic rings. The van der Waals surface area contributed by atoms with Crippen molar-refractivity contribution in [2.75, 3.05) is 7.05 Å². The molecule has 1 aliphatic carbocycles. The monoisotopic (exact) mass is 352 g/mol. The van der Waals surface area contributed by atoms with E-state index in [9.17, 15) is 4.79 Å². The molecule has 3 rings (SSSR count). The number of nitrogens with zero attached hydrogens (tertiary/aromatic N) is 2. The molecule has 1 heterocycles. The second-order valence-corrected chi connectivity index (χ2v) is 8.01. The fraction of sp³-hybridized carbons (Fsp3) is 0.522. The lowest BCUT2D eigenvalue weighted by Gasteiger charge is -2.31. The maximum Gasteiger partial charge on any atom is 0.270 e. The average Bonchev–Trinajstić information content (AvgIpc) is 2.93. The zero-order valence-corrected chi connectivity index (χ0v) is 16.7. The van der Waals surface area contributed by atoms with E-state index >= 15 is 0 Å². The average molecular weight is 353 g/mol. The van der Waals surface area contributed by atoms with Crippen LogP contribution >= 0.6 is 0 Å². The minimum Gasteiger partial charge on any atom is -0.337 e. The van der Waals surface area contributed by atoms with Crippen LogP contribution in [0, 0.1) is 6.92 Å². The van der Waals surface area contributed by atoms with Gasteiger partial charge in [0.2, 0.25) is 0 Å². The summed E-state index contributed by atoms with van der Waals surface area (Å²) in [5, 5.41) is 1.19. The van der Waals surface area contributed by atoms with Gasteiger partial charge in [-0.15, -0.1) is 6.58 Å². The summed E-state index contributed by atoms with van der Waals surface area (Å²) >= 11 is 0. The molecule has 0 bridgehead atoms. The fourth-order valence-electron chi connectivity index (χ4n) is 4.29. The Kier molecular flexibility index (Phi) is 5.55. The van der Waals surface area contributed by atoms with Gasteiger partial charge in [-0.1, -0.05) is 45.3 Å². The molecular weight excluding hydrogens is 320 g/mol. The predicted octanol–water partition coefficient (Wildman–Crippen LogP) is 5.66. The van der Waals surface area contributed by atoms with Crippen LogP contribution in [0.1, 0.15) is 73.5 Å². The standard InChI is InChI=1S/C23H32N2O/c1-6-14-25-21-13-12-18(16(2)3)15-20(21)17(4)22(25)23(26)24(5)19-10-8-7-9-11-19/h6,12-13,15-16,19H,1,7-11,14H2,2-5H3. The van der Waals surface area contributed by atoms with E-state index in [1.54, 1.807) is 0 Å². The molecule has 1 amide bonds. The van der Waals surface area contributed by atoms with Gasteiger partial charge in [0.15, 0.2) is 0 Å².